The number of likely N-dealkylation sites (tertiary alicyclic amines) is 1. The standard InChI is InChI=1S/C17H21N3O3/c1-11-7-13-9-18-19-16(13)14(8-11)17(23)20-6-2-3-12(10-20)4-5-15(21)22/h7-9,12H,2-6,10H2,1H3,(H,18,19)(H,21,22). The number of aromatic amines is 1. The summed E-state index contributed by atoms with van der Waals surface area (Å²) in [5.41, 5.74) is 2.45. The number of aryl methyl sites for hydroxylation is 1. The van der Waals surface area contributed by atoms with Gasteiger partial charge in [-0.15, -0.1) is 0 Å². The molecule has 0 spiro atoms. The van der Waals surface area contributed by atoms with E-state index in [-0.39, 0.29) is 18.2 Å². The van der Waals surface area contributed by atoms with Crippen molar-refractivity contribution >= 4 is 22.8 Å². The fourth-order valence-electron chi connectivity index (χ4n) is 3.36. The van der Waals surface area contributed by atoms with Crippen molar-refractivity contribution in [2.75, 3.05) is 13.1 Å². The van der Waals surface area contributed by atoms with Crippen molar-refractivity contribution in [3.05, 3.63) is 29.5 Å². The van der Waals surface area contributed by atoms with E-state index in [1.54, 1.807) is 6.20 Å². The van der Waals surface area contributed by atoms with Gasteiger partial charge >= 0.3 is 5.97 Å². The Labute approximate surface area is 134 Å². The Hall–Kier alpha value is -2.37. The first-order chi connectivity index (χ1) is 11.0. The topological polar surface area (TPSA) is 86.3 Å². The summed E-state index contributed by atoms with van der Waals surface area (Å²) in [4.78, 5) is 25.5. The molecule has 1 atom stereocenters. The fourth-order valence-corrected chi connectivity index (χ4v) is 3.36. The summed E-state index contributed by atoms with van der Waals surface area (Å²) >= 11 is 0. The molecule has 1 amide bonds. The number of fused-ring (bicyclic) bond motifs is 1. The highest BCUT2D eigenvalue weighted by atomic mass is 16.4. The van der Waals surface area contributed by atoms with Crippen molar-refractivity contribution in [2.24, 2.45) is 5.92 Å². The summed E-state index contributed by atoms with van der Waals surface area (Å²) in [6, 6.07) is 3.89. The summed E-state index contributed by atoms with van der Waals surface area (Å²) in [6.07, 6.45) is 4.44. The number of aromatic nitrogens is 2. The zero-order valence-electron chi connectivity index (χ0n) is 13.2. The maximum atomic E-state index is 12.9. The van der Waals surface area contributed by atoms with Gasteiger partial charge in [-0.1, -0.05) is 0 Å². The van der Waals surface area contributed by atoms with Crippen LogP contribution in [0.15, 0.2) is 18.3 Å². The molecule has 1 saturated heterocycles. The zero-order valence-corrected chi connectivity index (χ0v) is 13.2. The third-order valence-electron chi connectivity index (χ3n) is 4.50. The first-order valence-electron chi connectivity index (χ1n) is 7.99. The fraction of sp³-hybridized carbons (Fsp3) is 0.471. The van der Waals surface area contributed by atoms with Crippen LogP contribution in [0.4, 0.5) is 0 Å². The predicted octanol–water partition coefficient (Wildman–Crippen LogP) is 2.59. The van der Waals surface area contributed by atoms with Crippen LogP contribution in [0.25, 0.3) is 10.9 Å². The maximum Gasteiger partial charge on any atom is 0.303 e. The Kier molecular flexibility index (Phi) is 4.32. The van der Waals surface area contributed by atoms with E-state index < -0.39 is 5.97 Å². The molecule has 0 radical (unpaired) electrons. The predicted molar refractivity (Wildman–Crippen MR) is 86.3 cm³/mol. The number of carboxylic acid groups (broad SMARTS) is 1. The number of H-pyrrole nitrogens is 1. The smallest absolute Gasteiger partial charge is 0.303 e. The minimum atomic E-state index is -0.772. The Morgan fingerprint density at radius 3 is 3.04 bits per heavy atom. The highest BCUT2D eigenvalue weighted by molar-refractivity contribution is 6.05. The third kappa shape index (κ3) is 3.36. The first kappa shape index (κ1) is 15.5. The van der Waals surface area contributed by atoms with Crippen LogP contribution in [0.2, 0.25) is 0 Å². The lowest BCUT2D eigenvalue weighted by Gasteiger charge is -2.32. The van der Waals surface area contributed by atoms with Crippen LogP contribution in [0.5, 0.6) is 0 Å². The minimum absolute atomic E-state index is 0.00275. The quantitative estimate of drug-likeness (QED) is 0.908. The highest BCUT2D eigenvalue weighted by Gasteiger charge is 2.26. The third-order valence-corrected chi connectivity index (χ3v) is 4.50. The van der Waals surface area contributed by atoms with Crippen LogP contribution >= 0.6 is 0 Å². The van der Waals surface area contributed by atoms with Gasteiger partial charge in [0, 0.05) is 24.9 Å². The second kappa shape index (κ2) is 6.40. The zero-order chi connectivity index (χ0) is 16.4. The number of benzene rings is 1. The van der Waals surface area contributed by atoms with E-state index in [2.05, 4.69) is 10.2 Å². The molecule has 122 valence electrons. The number of carbonyl (C=O) groups is 2. The molecule has 6 heteroatoms. The molecule has 1 unspecified atom stereocenters. The van der Waals surface area contributed by atoms with Gasteiger partial charge < -0.3 is 10.0 Å². The molecule has 1 fully saturated rings. The molecular formula is C17H21N3O3. The van der Waals surface area contributed by atoms with Crippen LogP contribution in [0.1, 0.15) is 41.6 Å². The number of aliphatic carboxylic acids is 1. The summed E-state index contributed by atoms with van der Waals surface area (Å²) in [7, 11) is 0. The molecule has 2 aromatic rings. The maximum absolute atomic E-state index is 12.9. The number of rotatable bonds is 4. The highest BCUT2D eigenvalue weighted by Crippen LogP contribution is 2.25. The lowest BCUT2D eigenvalue weighted by atomic mass is 9.93. The van der Waals surface area contributed by atoms with Gasteiger partial charge in [0.2, 0.25) is 0 Å². The number of carboxylic acids is 1. The molecular weight excluding hydrogens is 294 g/mol. The van der Waals surface area contributed by atoms with E-state index in [9.17, 15) is 9.59 Å². The lowest BCUT2D eigenvalue weighted by molar-refractivity contribution is -0.137. The van der Waals surface area contributed by atoms with Crippen molar-refractivity contribution in [3.8, 4) is 0 Å². The number of nitrogens with one attached hydrogen (secondary N) is 1. The first-order valence-corrected chi connectivity index (χ1v) is 7.99. The van der Waals surface area contributed by atoms with Gasteiger partial charge in [0.25, 0.3) is 5.91 Å². The number of amides is 1. The van der Waals surface area contributed by atoms with E-state index in [1.807, 2.05) is 24.0 Å². The molecule has 1 aromatic carbocycles. The van der Waals surface area contributed by atoms with Crippen LogP contribution < -0.4 is 0 Å². The van der Waals surface area contributed by atoms with Crippen LogP contribution in [0, 0.1) is 12.8 Å². The van der Waals surface area contributed by atoms with Gasteiger partial charge in [-0.05, 0) is 49.8 Å². The van der Waals surface area contributed by atoms with Gasteiger partial charge in [-0.3, -0.25) is 14.7 Å². The second-order valence-corrected chi connectivity index (χ2v) is 6.34. The summed E-state index contributed by atoms with van der Waals surface area (Å²) in [6.45, 7) is 3.33. The molecule has 1 aliphatic heterocycles. The Bertz CT molecular complexity index is 738. The Morgan fingerprint density at radius 2 is 2.26 bits per heavy atom. The van der Waals surface area contributed by atoms with E-state index in [4.69, 9.17) is 5.11 Å². The molecule has 0 saturated carbocycles. The van der Waals surface area contributed by atoms with Gasteiger partial charge in [-0.2, -0.15) is 5.10 Å². The van der Waals surface area contributed by atoms with Crippen molar-refractivity contribution < 1.29 is 14.7 Å². The molecule has 6 nitrogen and oxygen atoms in total. The lowest BCUT2D eigenvalue weighted by Crippen LogP contribution is -2.40. The van der Waals surface area contributed by atoms with Gasteiger partial charge in [0.05, 0.1) is 17.3 Å². The monoisotopic (exact) mass is 315 g/mol. The van der Waals surface area contributed by atoms with E-state index in [0.717, 1.165) is 35.9 Å². The summed E-state index contributed by atoms with van der Waals surface area (Å²) in [5.74, 6) is -0.500. The summed E-state index contributed by atoms with van der Waals surface area (Å²) in [5, 5.41) is 16.7. The normalized spacial score (nSPS) is 18.3. The van der Waals surface area contributed by atoms with Gasteiger partial charge in [0.15, 0.2) is 0 Å². The molecule has 23 heavy (non-hydrogen) atoms. The number of hydrogen-bond acceptors (Lipinski definition) is 3. The Morgan fingerprint density at radius 1 is 1.43 bits per heavy atom. The minimum Gasteiger partial charge on any atom is -0.481 e. The molecule has 1 aliphatic rings. The van der Waals surface area contributed by atoms with Crippen LogP contribution in [-0.2, 0) is 4.79 Å². The van der Waals surface area contributed by atoms with E-state index in [1.165, 1.54) is 0 Å². The van der Waals surface area contributed by atoms with Crippen molar-refractivity contribution in [2.45, 2.75) is 32.6 Å². The van der Waals surface area contributed by atoms with Gasteiger partial charge in [-0.25, -0.2) is 0 Å². The number of hydrogen-bond donors (Lipinski definition) is 2. The van der Waals surface area contributed by atoms with Crippen molar-refractivity contribution in [1.82, 2.24) is 15.1 Å². The molecule has 2 N–H and O–H groups in total. The molecule has 3 rings (SSSR count). The average molecular weight is 315 g/mol. The average Bonchev–Trinajstić information content (AvgIpc) is 3.00. The largest absolute Gasteiger partial charge is 0.481 e. The number of nitrogens with zero attached hydrogens (tertiary/aromatic N) is 2. The Balaban J connectivity index is 1.78. The van der Waals surface area contributed by atoms with Crippen molar-refractivity contribution in [3.63, 3.8) is 0 Å². The van der Waals surface area contributed by atoms with E-state index in [0.29, 0.717) is 18.5 Å². The molecule has 1 aromatic heterocycles. The van der Waals surface area contributed by atoms with Crippen LogP contribution in [-0.4, -0.2) is 45.2 Å². The summed E-state index contributed by atoms with van der Waals surface area (Å²) < 4.78 is 0. The van der Waals surface area contributed by atoms with Crippen molar-refractivity contribution in [1.29, 1.82) is 0 Å². The second-order valence-electron chi connectivity index (χ2n) is 6.34. The molecule has 2 heterocycles. The SMILES string of the molecule is Cc1cc(C(=O)N2CCCC(CCC(=O)O)C2)c2[nH]ncc2c1. The number of carbonyl (C=O) groups excluding carboxylic acids is 1. The van der Waals surface area contributed by atoms with Gasteiger partial charge in [0.1, 0.15) is 0 Å². The molecule has 0 aliphatic carbocycles. The van der Waals surface area contributed by atoms with Crippen LogP contribution in [0.3, 0.4) is 0 Å². The van der Waals surface area contributed by atoms with E-state index >= 15 is 0 Å². The number of piperidine rings is 1. The molecule has 0 bridgehead atoms.